The van der Waals surface area contributed by atoms with Gasteiger partial charge in [0.15, 0.2) is 0 Å². The van der Waals surface area contributed by atoms with E-state index in [9.17, 15) is 9.59 Å². The van der Waals surface area contributed by atoms with Crippen molar-refractivity contribution in [2.75, 3.05) is 6.54 Å². The summed E-state index contributed by atoms with van der Waals surface area (Å²) in [5.74, 6) is 0.492. The zero-order valence-electron chi connectivity index (χ0n) is 12.5. The lowest BCUT2D eigenvalue weighted by Crippen LogP contribution is -2.33. The number of hydrogen-bond donors (Lipinski definition) is 1. The number of benzene rings is 1. The predicted molar refractivity (Wildman–Crippen MR) is 83.1 cm³/mol. The SMILES string of the molecule is CC(C)CCCNC(=O)Cn1c(=O)cnc2ccccc21. The van der Waals surface area contributed by atoms with Gasteiger partial charge < -0.3 is 5.32 Å². The molecule has 0 bridgehead atoms. The van der Waals surface area contributed by atoms with Crippen LogP contribution in [0.4, 0.5) is 0 Å². The van der Waals surface area contributed by atoms with E-state index in [1.54, 1.807) is 6.07 Å². The van der Waals surface area contributed by atoms with Crippen molar-refractivity contribution in [1.82, 2.24) is 14.9 Å². The molecular formula is C16H21N3O2. The van der Waals surface area contributed by atoms with Crippen LogP contribution in [-0.4, -0.2) is 22.0 Å². The van der Waals surface area contributed by atoms with Gasteiger partial charge >= 0.3 is 0 Å². The van der Waals surface area contributed by atoms with Crippen LogP contribution in [0.25, 0.3) is 11.0 Å². The van der Waals surface area contributed by atoms with Gasteiger partial charge in [0.25, 0.3) is 5.56 Å². The van der Waals surface area contributed by atoms with E-state index in [0.29, 0.717) is 23.5 Å². The Morgan fingerprint density at radius 3 is 2.86 bits per heavy atom. The molecule has 0 saturated heterocycles. The maximum absolute atomic E-state index is 12.0. The molecule has 1 N–H and O–H groups in total. The molecule has 0 radical (unpaired) electrons. The smallest absolute Gasteiger partial charge is 0.269 e. The van der Waals surface area contributed by atoms with Crippen LogP contribution in [0, 0.1) is 5.92 Å². The van der Waals surface area contributed by atoms with E-state index >= 15 is 0 Å². The highest BCUT2D eigenvalue weighted by atomic mass is 16.2. The summed E-state index contributed by atoms with van der Waals surface area (Å²) in [6, 6.07) is 7.32. The fourth-order valence-electron chi connectivity index (χ4n) is 2.22. The lowest BCUT2D eigenvalue weighted by Gasteiger charge is -2.10. The number of fused-ring (bicyclic) bond motifs is 1. The van der Waals surface area contributed by atoms with Crippen LogP contribution in [0.5, 0.6) is 0 Å². The Kier molecular flexibility index (Phi) is 5.09. The molecule has 5 nitrogen and oxygen atoms in total. The molecule has 1 heterocycles. The summed E-state index contributed by atoms with van der Waals surface area (Å²) in [4.78, 5) is 27.9. The van der Waals surface area contributed by atoms with Gasteiger partial charge in [-0.15, -0.1) is 0 Å². The second-order valence-corrected chi connectivity index (χ2v) is 5.56. The molecule has 1 aromatic heterocycles. The number of amides is 1. The first-order valence-corrected chi connectivity index (χ1v) is 7.29. The normalized spacial score (nSPS) is 11.0. The van der Waals surface area contributed by atoms with Gasteiger partial charge in [0.2, 0.25) is 5.91 Å². The molecule has 0 unspecified atom stereocenters. The third-order valence-electron chi connectivity index (χ3n) is 3.33. The zero-order chi connectivity index (χ0) is 15.2. The van der Waals surface area contributed by atoms with Crippen LogP contribution in [0.1, 0.15) is 26.7 Å². The number of carbonyl (C=O) groups is 1. The topological polar surface area (TPSA) is 64.0 Å². The highest BCUT2D eigenvalue weighted by Gasteiger charge is 2.08. The summed E-state index contributed by atoms with van der Waals surface area (Å²) in [5, 5.41) is 2.86. The van der Waals surface area contributed by atoms with E-state index < -0.39 is 0 Å². The summed E-state index contributed by atoms with van der Waals surface area (Å²) < 4.78 is 1.46. The number of para-hydroxylation sites is 2. The number of nitrogens with one attached hydrogen (secondary N) is 1. The molecule has 0 aliphatic carbocycles. The monoisotopic (exact) mass is 287 g/mol. The van der Waals surface area contributed by atoms with Gasteiger partial charge in [-0.3, -0.25) is 14.2 Å². The molecule has 1 aromatic carbocycles. The Labute approximate surface area is 124 Å². The van der Waals surface area contributed by atoms with Gasteiger partial charge in [-0.05, 0) is 30.9 Å². The first kappa shape index (κ1) is 15.2. The molecule has 112 valence electrons. The van der Waals surface area contributed by atoms with Gasteiger partial charge in [-0.2, -0.15) is 0 Å². The standard InChI is InChI=1S/C16H21N3O2/c1-12(2)6-5-9-17-15(20)11-19-14-8-4-3-7-13(14)18-10-16(19)21/h3-4,7-8,10,12H,5-6,9,11H2,1-2H3,(H,17,20). The molecule has 0 aliphatic rings. The zero-order valence-corrected chi connectivity index (χ0v) is 12.5. The molecule has 0 saturated carbocycles. The fourth-order valence-corrected chi connectivity index (χ4v) is 2.22. The van der Waals surface area contributed by atoms with Crippen LogP contribution in [0.15, 0.2) is 35.3 Å². The molecule has 0 atom stereocenters. The number of rotatable bonds is 6. The van der Waals surface area contributed by atoms with Crippen molar-refractivity contribution in [2.45, 2.75) is 33.2 Å². The molecule has 2 rings (SSSR count). The summed E-state index contributed by atoms with van der Waals surface area (Å²) in [6.45, 7) is 4.99. The minimum atomic E-state index is -0.258. The lowest BCUT2D eigenvalue weighted by molar-refractivity contribution is -0.121. The molecular weight excluding hydrogens is 266 g/mol. The Balaban J connectivity index is 2.04. The molecule has 0 fully saturated rings. The second-order valence-electron chi connectivity index (χ2n) is 5.56. The summed E-state index contributed by atoms with van der Waals surface area (Å²) in [6.07, 6.45) is 3.29. The summed E-state index contributed by atoms with van der Waals surface area (Å²) >= 11 is 0. The van der Waals surface area contributed by atoms with E-state index in [-0.39, 0.29) is 18.0 Å². The minimum absolute atomic E-state index is 0.0313. The van der Waals surface area contributed by atoms with Crippen LogP contribution < -0.4 is 10.9 Å². The van der Waals surface area contributed by atoms with Crippen molar-refractivity contribution in [3.05, 3.63) is 40.8 Å². The Bertz CT molecular complexity index is 677. The average Bonchev–Trinajstić information content (AvgIpc) is 2.46. The highest BCUT2D eigenvalue weighted by molar-refractivity contribution is 5.79. The molecule has 0 aliphatic heterocycles. The van der Waals surface area contributed by atoms with Crippen LogP contribution in [-0.2, 0) is 11.3 Å². The van der Waals surface area contributed by atoms with Crippen molar-refractivity contribution in [1.29, 1.82) is 0 Å². The number of hydrogen-bond acceptors (Lipinski definition) is 3. The van der Waals surface area contributed by atoms with E-state index in [1.807, 2.05) is 18.2 Å². The van der Waals surface area contributed by atoms with Crippen molar-refractivity contribution in [2.24, 2.45) is 5.92 Å². The van der Waals surface area contributed by atoms with Crippen LogP contribution >= 0.6 is 0 Å². The van der Waals surface area contributed by atoms with E-state index in [0.717, 1.165) is 12.8 Å². The van der Waals surface area contributed by atoms with E-state index in [1.165, 1.54) is 10.8 Å². The van der Waals surface area contributed by atoms with Gasteiger partial charge in [0.1, 0.15) is 6.54 Å². The molecule has 1 amide bonds. The highest BCUT2D eigenvalue weighted by Crippen LogP contribution is 2.08. The molecule has 5 heteroatoms. The minimum Gasteiger partial charge on any atom is -0.355 e. The van der Waals surface area contributed by atoms with Gasteiger partial charge in [0, 0.05) is 6.54 Å². The predicted octanol–water partition coefficient (Wildman–Crippen LogP) is 1.95. The maximum atomic E-state index is 12.0. The van der Waals surface area contributed by atoms with Gasteiger partial charge in [0.05, 0.1) is 17.2 Å². The maximum Gasteiger partial charge on any atom is 0.269 e. The third kappa shape index (κ3) is 4.15. The van der Waals surface area contributed by atoms with E-state index in [2.05, 4.69) is 24.1 Å². The Hall–Kier alpha value is -2.17. The third-order valence-corrected chi connectivity index (χ3v) is 3.33. The first-order chi connectivity index (χ1) is 10.1. The molecule has 0 spiro atoms. The van der Waals surface area contributed by atoms with E-state index in [4.69, 9.17) is 0 Å². The van der Waals surface area contributed by atoms with Crippen LogP contribution in [0.3, 0.4) is 0 Å². The van der Waals surface area contributed by atoms with Gasteiger partial charge in [-0.25, -0.2) is 4.98 Å². The molecule has 21 heavy (non-hydrogen) atoms. The van der Waals surface area contributed by atoms with Crippen molar-refractivity contribution >= 4 is 16.9 Å². The van der Waals surface area contributed by atoms with Crippen molar-refractivity contribution < 1.29 is 4.79 Å². The van der Waals surface area contributed by atoms with Crippen LogP contribution in [0.2, 0.25) is 0 Å². The number of nitrogens with zero attached hydrogens (tertiary/aromatic N) is 2. The number of aromatic nitrogens is 2. The molecule has 2 aromatic rings. The number of carbonyl (C=O) groups excluding carboxylic acids is 1. The Morgan fingerprint density at radius 1 is 1.33 bits per heavy atom. The Morgan fingerprint density at radius 2 is 2.10 bits per heavy atom. The van der Waals surface area contributed by atoms with Crippen molar-refractivity contribution in [3.63, 3.8) is 0 Å². The fraction of sp³-hybridized carbons (Fsp3) is 0.438. The lowest BCUT2D eigenvalue weighted by atomic mass is 10.1. The first-order valence-electron chi connectivity index (χ1n) is 7.29. The van der Waals surface area contributed by atoms with Gasteiger partial charge in [-0.1, -0.05) is 26.0 Å². The van der Waals surface area contributed by atoms with Crippen molar-refractivity contribution in [3.8, 4) is 0 Å². The largest absolute Gasteiger partial charge is 0.355 e. The second kappa shape index (κ2) is 7.02. The summed E-state index contributed by atoms with van der Waals surface area (Å²) in [5.41, 5.74) is 1.14. The average molecular weight is 287 g/mol. The quantitative estimate of drug-likeness (QED) is 0.826. The summed E-state index contributed by atoms with van der Waals surface area (Å²) in [7, 11) is 0.